The zero-order valence-electron chi connectivity index (χ0n) is 14.5. The van der Waals surface area contributed by atoms with Gasteiger partial charge in [-0.2, -0.15) is 0 Å². The summed E-state index contributed by atoms with van der Waals surface area (Å²) in [6.07, 6.45) is 5.97. The van der Waals surface area contributed by atoms with Crippen LogP contribution in [0.2, 0.25) is 0 Å². The molecule has 3 heterocycles. The van der Waals surface area contributed by atoms with E-state index in [0.29, 0.717) is 12.5 Å². The molecule has 0 spiro atoms. The number of aromatic nitrogens is 2. The quantitative estimate of drug-likeness (QED) is 0.787. The van der Waals surface area contributed by atoms with Gasteiger partial charge < -0.3 is 14.6 Å². The lowest BCUT2D eigenvalue weighted by molar-refractivity contribution is 0.0144. The number of aromatic amines is 1. The molecular weight excluding hydrogens is 326 g/mol. The Bertz CT molecular complexity index is 937. The molecule has 1 aromatic carbocycles. The summed E-state index contributed by atoms with van der Waals surface area (Å²) in [6, 6.07) is 13.9. The summed E-state index contributed by atoms with van der Waals surface area (Å²) in [5.41, 5.74) is 2.75. The van der Waals surface area contributed by atoms with Crippen LogP contribution in [0, 0.1) is 5.92 Å². The highest BCUT2D eigenvalue weighted by Gasteiger charge is 2.49. The average molecular weight is 347 g/mol. The summed E-state index contributed by atoms with van der Waals surface area (Å²) in [7, 11) is 0. The first-order valence-corrected chi connectivity index (χ1v) is 9.19. The van der Waals surface area contributed by atoms with Crippen molar-refractivity contribution in [3.8, 4) is 0 Å². The molecule has 2 aliphatic rings. The van der Waals surface area contributed by atoms with E-state index in [0.717, 1.165) is 41.5 Å². The summed E-state index contributed by atoms with van der Waals surface area (Å²) in [4.78, 5) is 22.6. The van der Waals surface area contributed by atoms with Gasteiger partial charge in [0.25, 0.3) is 5.91 Å². The number of benzene rings is 1. The molecule has 1 aliphatic carbocycles. The molecule has 2 bridgehead atoms. The lowest BCUT2D eigenvalue weighted by Gasteiger charge is -2.27. The van der Waals surface area contributed by atoms with Gasteiger partial charge >= 0.3 is 0 Å². The minimum atomic E-state index is 0.117. The van der Waals surface area contributed by atoms with Gasteiger partial charge in [-0.25, -0.2) is 0 Å². The van der Waals surface area contributed by atoms with Crippen molar-refractivity contribution in [2.24, 2.45) is 5.92 Å². The van der Waals surface area contributed by atoms with E-state index in [1.165, 1.54) is 0 Å². The first kappa shape index (κ1) is 15.6. The molecule has 1 N–H and O–H groups in total. The number of hydrogen-bond donors (Lipinski definition) is 1. The van der Waals surface area contributed by atoms with Crippen LogP contribution in [0.4, 0.5) is 0 Å². The number of likely N-dealkylation sites (tertiary alicyclic amines) is 1. The number of rotatable bonds is 4. The smallest absolute Gasteiger partial charge is 0.254 e. The normalized spacial score (nSPS) is 24.5. The van der Waals surface area contributed by atoms with E-state index in [-0.39, 0.29) is 18.1 Å². The second-order valence-electron chi connectivity index (χ2n) is 7.24. The number of nitrogens with one attached hydrogen (secondary N) is 1. The highest BCUT2D eigenvalue weighted by atomic mass is 16.5. The average Bonchev–Trinajstić information content (AvgIpc) is 3.40. The summed E-state index contributed by atoms with van der Waals surface area (Å²) in [6.45, 7) is 1.30. The van der Waals surface area contributed by atoms with Crippen LogP contribution in [0.25, 0.3) is 10.9 Å². The van der Waals surface area contributed by atoms with Gasteiger partial charge in [-0.1, -0.05) is 6.07 Å². The number of carbonyl (C=O) groups is 1. The lowest BCUT2D eigenvalue weighted by Crippen LogP contribution is -2.39. The van der Waals surface area contributed by atoms with Crippen molar-refractivity contribution in [3.63, 3.8) is 0 Å². The predicted octanol–water partition coefficient (Wildman–Crippen LogP) is 3.38. The Hall–Kier alpha value is -2.66. The van der Waals surface area contributed by atoms with Gasteiger partial charge in [-0.15, -0.1) is 0 Å². The largest absolute Gasteiger partial charge is 0.369 e. The van der Waals surface area contributed by atoms with E-state index >= 15 is 0 Å². The fraction of sp³-hybridized carbons (Fsp3) is 0.333. The monoisotopic (exact) mass is 347 g/mol. The molecule has 5 rings (SSSR count). The van der Waals surface area contributed by atoms with Crippen LogP contribution < -0.4 is 0 Å². The number of hydrogen-bond acceptors (Lipinski definition) is 3. The van der Waals surface area contributed by atoms with Crippen LogP contribution in [0.5, 0.6) is 0 Å². The van der Waals surface area contributed by atoms with Crippen molar-refractivity contribution in [3.05, 3.63) is 66.1 Å². The molecule has 3 atom stereocenters. The van der Waals surface area contributed by atoms with Gasteiger partial charge in [0, 0.05) is 41.3 Å². The van der Waals surface area contributed by atoms with Crippen LogP contribution in [0.3, 0.4) is 0 Å². The molecule has 2 aromatic heterocycles. The Morgan fingerprint density at radius 2 is 2.19 bits per heavy atom. The van der Waals surface area contributed by atoms with Gasteiger partial charge in [-0.05, 0) is 49.2 Å². The lowest BCUT2D eigenvalue weighted by atomic mass is 10.1. The van der Waals surface area contributed by atoms with E-state index in [9.17, 15) is 4.79 Å². The minimum absolute atomic E-state index is 0.117. The fourth-order valence-electron chi connectivity index (χ4n) is 4.44. The number of piperidine rings is 1. The summed E-state index contributed by atoms with van der Waals surface area (Å²) in [5.74, 6) is 0.551. The summed E-state index contributed by atoms with van der Waals surface area (Å²) >= 11 is 0. The zero-order chi connectivity index (χ0) is 17.5. The highest BCUT2D eigenvalue weighted by molar-refractivity contribution is 5.98. The highest BCUT2D eigenvalue weighted by Crippen LogP contribution is 2.41. The second-order valence-corrected chi connectivity index (χ2v) is 7.24. The molecular formula is C21H21N3O2. The molecule has 132 valence electrons. The van der Waals surface area contributed by atoms with Gasteiger partial charge in [0.1, 0.15) is 0 Å². The molecule has 1 saturated heterocycles. The molecule has 5 heteroatoms. The van der Waals surface area contributed by atoms with Gasteiger partial charge in [-0.3, -0.25) is 9.78 Å². The summed E-state index contributed by atoms with van der Waals surface area (Å²) < 4.78 is 6.19. The molecule has 0 radical (unpaired) electrons. The number of H-pyrrole nitrogens is 1. The summed E-state index contributed by atoms with van der Waals surface area (Å²) in [5, 5.41) is 1.07. The molecule has 1 saturated carbocycles. The topological polar surface area (TPSA) is 58.2 Å². The molecule has 1 aliphatic heterocycles. The van der Waals surface area contributed by atoms with Gasteiger partial charge in [0.2, 0.25) is 0 Å². The minimum Gasteiger partial charge on any atom is -0.369 e. The maximum Gasteiger partial charge on any atom is 0.254 e. The van der Waals surface area contributed by atoms with Crippen molar-refractivity contribution in [1.82, 2.24) is 14.9 Å². The van der Waals surface area contributed by atoms with E-state index < -0.39 is 0 Å². The van der Waals surface area contributed by atoms with Crippen molar-refractivity contribution in [1.29, 1.82) is 0 Å². The fourth-order valence-corrected chi connectivity index (χ4v) is 4.44. The van der Waals surface area contributed by atoms with Crippen LogP contribution in [0.15, 0.2) is 54.9 Å². The van der Waals surface area contributed by atoms with Gasteiger partial charge in [0.15, 0.2) is 0 Å². The Morgan fingerprint density at radius 3 is 3.08 bits per heavy atom. The number of nitrogens with zero attached hydrogens (tertiary/aromatic N) is 2. The van der Waals surface area contributed by atoms with Crippen molar-refractivity contribution in [2.45, 2.75) is 31.6 Å². The molecule has 26 heavy (non-hydrogen) atoms. The van der Waals surface area contributed by atoms with Crippen LogP contribution in [-0.4, -0.2) is 39.5 Å². The van der Waals surface area contributed by atoms with Crippen molar-refractivity contribution >= 4 is 16.8 Å². The zero-order valence-corrected chi connectivity index (χ0v) is 14.5. The Labute approximate surface area is 152 Å². The van der Waals surface area contributed by atoms with Crippen LogP contribution in [-0.2, 0) is 11.3 Å². The Balaban J connectivity index is 1.32. The molecule has 3 unspecified atom stereocenters. The third-order valence-electron chi connectivity index (χ3n) is 5.72. The van der Waals surface area contributed by atoms with Crippen molar-refractivity contribution in [2.75, 3.05) is 6.54 Å². The number of fused-ring (bicyclic) bond motifs is 3. The number of ether oxygens (including phenoxy) is 1. The Morgan fingerprint density at radius 1 is 1.23 bits per heavy atom. The maximum atomic E-state index is 13.1. The second kappa shape index (κ2) is 6.25. The Kier molecular flexibility index (Phi) is 3.75. The van der Waals surface area contributed by atoms with Crippen LogP contribution in [0.1, 0.15) is 28.9 Å². The molecule has 5 nitrogen and oxygen atoms in total. The third kappa shape index (κ3) is 2.59. The van der Waals surface area contributed by atoms with Gasteiger partial charge in [0.05, 0.1) is 24.4 Å². The molecule has 3 aromatic rings. The first-order chi connectivity index (χ1) is 12.8. The standard InChI is InChI=1S/C21H21N3O2/c25-21(15-4-6-18-14(11-15)8-10-23-18)24-12-16-5-7-19(24)20(16)26-13-17-3-1-2-9-22-17/h1-4,6,8-11,16,19-20,23H,5,7,12-13H2. The maximum absolute atomic E-state index is 13.1. The van der Waals surface area contributed by atoms with Crippen LogP contribution >= 0.6 is 0 Å². The SMILES string of the molecule is O=C(c1ccc2[nH]ccc2c1)N1CC2CCC1C2OCc1ccccn1. The first-order valence-electron chi connectivity index (χ1n) is 9.19. The van der Waals surface area contributed by atoms with E-state index in [4.69, 9.17) is 4.74 Å². The van der Waals surface area contributed by atoms with E-state index in [1.807, 2.05) is 53.6 Å². The number of amides is 1. The third-order valence-corrected chi connectivity index (χ3v) is 5.72. The number of carbonyl (C=O) groups excluding carboxylic acids is 1. The molecule has 2 fully saturated rings. The number of pyridine rings is 1. The van der Waals surface area contributed by atoms with Crippen molar-refractivity contribution < 1.29 is 9.53 Å². The van der Waals surface area contributed by atoms with E-state index in [1.54, 1.807) is 6.20 Å². The van der Waals surface area contributed by atoms with E-state index in [2.05, 4.69) is 9.97 Å². The molecule has 1 amide bonds. The predicted molar refractivity (Wildman–Crippen MR) is 98.7 cm³/mol.